The second-order valence-electron chi connectivity index (χ2n) is 11.0. The first-order valence-corrected chi connectivity index (χ1v) is 14.3. The van der Waals surface area contributed by atoms with Gasteiger partial charge in [-0.1, -0.05) is 24.3 Å². The molecule has 9 nitrogen and oxygen atoms in total. The van der Waals surface area contributed by atoms with E-state index in [-0.39, 0.29) is 5.91 Å². The van der Waals surface area contributed by atoms with Gasteiger partial charge in [0.2, 0.25) is 0 Å². The number of pyridine rings is 3. The van der Waals surface area contributed by atoms with E-state index in [1.54, 1.807) is 40.5 Å². The molecule has 0 saturated carbocycles. The van der Waals surface area contributed by atoms with E-state index in [4.69, 9.17) is 19.2 Å². The van der Waals surface area contributed by atoms with Crippen LogP contribution in [-0.2, 0) is 22.6 Å². The number of hydrogen-bond donors (Lipinski definition) is 1. The molecule has 0 radical (unpaired) electrons. The number of carbonyl (C=O) groups excluding carboxylic acids is 1. The third-order valence-corrected chi connectivity index (χ3v) is 7.67. The Morgan fingerprint density at radius 3 is 2.02 bits per heavy atom. The number of methoxy groups -OCH3 is 3. The Kier molecular flexibility index (Phi) is 9.06. The first-order chi connectivity index (χ1) is 21.2. The van der Waals surface area contributed by atoms with Crippen molar-refractivity contribution < 1.29 is 19.0 Å². The minimum absolute atomic E-state index is 0.287. The molecule has 5 aromatic rings. The Morgan fingerprint density at radius 2 is 1.48 bits per heavy atom. The van der Waals surface area contributed by atoms with Crippen molar-refractivity contribution in [3.8, 4) is 22.8 Å². The van der Waals surface area contributed by atoms with Gasteiger partial charge in [-0.2, -0.15) is 0 Å². The molecule has 0 bridgehead atoms. The van der Waals surface area contributed by atoms with Gasteiger partial charge in [-0.15, -0.1) is 0 Å². The molecule has 0 saturated heterocycles. The van der Waals surface area contributed by atoms with Crippen molar-refractivity contribution in [2.45, 2.75) is 39.5 Å². The number of nitrogens with one attached hydrogen (secondary N) is 1. The topological polar surface area (TPSA) is 98.7 Å². The molecule has 0 atom stereocenters. The van der Waals surface area contributed by atoms with E-state index in [9.17, 15) is 4.79 Å². The molecule has 2 aromatic carbocycles. The van der Waals surface area contributed by atoms with Crippen LogP contribution in [0.4, 0.5) is 11.6 Å². The summed E-state index contributed by atoms with van der Waals surface area (Å²) in [5.41, 5.74) is 3.93. The van der Waals surface area contributed by atoms with Crippen molar-refractivity contribution in [3.63, 3.8) is 0 Å². The van der Waals surface area contributed by atoms with Crippen LogP contribution in [0.2, 0.25) is 0 Å². The maximum Gasteiger partial charge on any atom is 0.257 e. The maximum absolute atomic E-state index is 12.9. The molecule has 0 aliphatic rings. The van der Waals surface area contributed by atoms with E-state index in [2.05, 4.69) is 44.5 Å². The third-order valence-electron chi connectivity index (χ3n) is 7.67. The molecule has 0 fully saturated rings. The predicted molar refractivity (Wildman–Crippen MR) is 173 cm³/mol. The standard InChI is InChI=1S/C35H37N5O4/c1-23-15-16-36-19-29(23)31-17-26-18-32(39-34(41)35(2,3)44-6)37-20-30(26)33(38-31)40(21-24-7-11-27(42-4)12-8-24)22-25-9-13-28(43-5)14-10-25/h7-20H,21-22H2,1-6H3,(H,37,39,41). The molecule has 0 aliphatic carbocycles. The average molecular weight is 592 g/mol. The predicted octanol–water partition coefficient (Wildman–Crippen LogP) is 6.59. The molecule has 44 heavy (non-hydrogen) atoms. The number of ether oxygens (including phenoxy) is 3. The Hall–Kier alpha value is -5.02. The summed E-state index contributed by atoms with van der Waals surface area (Å²) >= 11 is 0. The zero-order valence-electron chi connectivity index (χ0n) is 25.9. The fourth-order valence-corrected chi connectivity index (χ4v) is 4.78. The van der Waals surface area contributed by atoms with Crippen molar-refractivity contribution in [2.75, 3.05) is 31.5 Å². The van der Waals surface area contributed by atoms with Crippen molar-refractivity contribution in [3.05, 3.63) is 102 Å². The Morgan fingerprint density at radius 1 is 0.864 bits per heavy atom. The van der Waals surface area contributed by atoms with Gasteiger partial charge in [0.05, 0.1) is 19.9 Å². The fourth-order valence-electron chi connectivity index (χ4n) is 4.78. The van der Waals surface area contributed by atoms with Gasteiger partial charge in [0.1, 0.15) is 28.7 Å². The van der Waals surface area contributed by atoms with Gasteiger partial charge in [-0.25, -0.2) is 9.97 Å². The van der Waals surface area contributed by atoms with Gasteiger partial charge >= 0.3 is 0 Å². The quantitative estimate of drug-likeness (QED) is 0.184. The van der Waals surface area contributed by atoms with Crippen LogP contribution < -0.4 is 19.7 Å². The summed E-state index contributed by atoms with van der Waals surface area (Å²) in [5, 5.41) is 4.63. The molecular weight excluding hydrogens is 554 g/mol. The number of rotatable bonds is 11. The number of aryl methyl sites for hydroxylation is 1. The van der Waals surface area contributed by atoms with E-state index in [0.29, 0.717) is 18.9 Å². The number of amides is 1. The summed E-state index contributed by atoms with van der Waals surface area (Å²) in [4.78, 5) is 29.3. The van der Waals surface area contributed by atoms with Crippen LogP contribution in [0.1, 0.15) is 30.5 Å². The highest BCUT2D eigenvalue weighted by molar-refractivity contribution is 6.00. The van der Waals surface area contributed by atoms with Crippen molar-refractivity contribution in [1.82, 2.24) is 15.0 Å². The highest BCUT2D eigenvalue weighted by Crippen LogP contribution is 2.34. The summed E-state index contributed by atoms with van der Waals surface area (Å²) in [6.07, 6.45) is 5.37. The zero-order chi connectivity index (χ0) is 31.3. The smallest absolute Gasteiger partial charge is 0.257 e. The molecule has 3 heterocycles. The SMILES string of the molecule is COc1ccc(CN(Cc2ccc(OC)cc2)c2nc(-c3cnccc3C)cc3cc(NC(=O)C(C)(C)OC)ncc23)cc1. The first-order valence-electron chi connectivity index (χ1n) is 14.3. The van der Waals surface area contributed by atoms with E-state index in [1.807, 2.05) is 55.6 Å². The summed E-state index contributed by atoms with van der Waals surface area (Å²) < 4.78 is 16.1. The summed E-state index contributed by atoms with van der Waals surface area (Å²) in [6, 6.07) is 21.9. The van der Waals surface area contributed by atoms with Crippen LogP contribution in [0.15, 0.2) is 85.3 Å². The lowest BCUT2D eigenvalue weighted by atomic mass is 10.0. The third kappa shape index (κ3) is 6.79. The number of fused-ring (bicyclic) bond motifs is 1. The molecule has 3 aromatic heterocycles. The van der Waals surface area contributed by atoms with Gasteiger partial charge in [-0.3, -0.25) is 9.78 Å². The van der Waals surface area contributed by atoms with Crippen LogP contribution in [0.25, 0.3) is 22.0 Å². The lowest BCUT2D eigenvalue weighted by molar-refractivity contribution is -0.133. The van der Waals surface area contributed by atoms with E-state index in [0.717, 1.165) is 56.0 Å². The number of anilines is 2. The van der Waals surface area contributed by atoms with Crippen LogP contribution >= 0.6 is 0 Å². The average Bonchev–Trinajstić information content (AvgIpc) is 3.04. The van der Waals surface area contributed by atoms with E-state index < -0.39 is 5.60 Å². The number of aromatic nitrogens is 3. The van der Waals surface area contributed by atoms with Crippen molar-refractivity contribution in [1.29, 1.82) is 0 Å². The Labute approximate surface area is 257 Å². The normalized spacial score (nSPS) is 11.3. The molecule has 5 rings (SSSR count). The first kappa shape index (κ1) is 30.4. The van der Waals surface area contributed by atoms with Crippen LogP contribution in [0.5, 0.6) is 11.5 Å². The molecule has 1 amide bonds. The summed E-state index contributed by atoms with van der Waals surface area (Å²) in [5.74, 6) is 2.49. The van der Waals surface area contributed by atoms with Crippen LogP contribution in [0, 0.1) is 6.92 Å². The number of carbonyl (C=O) groups is 1. The van der Waals surface area contributed by atoms with Gasteiger partial charge < -0.3 is 24.4 Å². The maximum atomic E-state index is 12.9. The summed E-state index contributed by atoms with van der Waals surface area (Å²) in [6.45, 7) is 6.62. The van der Waals surface area contributed by atoms with Crippen molar-refractivity contribution >= 4 is 28.3 Å². The minimum Gasteiger partial charge on any atom is -0.497 e. The molecule has 1 N–H and O–H groups in total. The van der Waals surface area contributed by atoms with E-state index in [1.165, 1.54) is 7.11 Å². The number of nitrogens with zero attached hydrogens (tertiary/aromatic N) is 4. The molecule has 9 heteroatoms. The molecular formula is C35H37N5O4. The molecule has 226 valence electrons. The van der Waals surface area contributed by atoms with Gasteiger partial charge in [0, 0.05) is 49.7 Å². The highest BCUT2D eigenvalue weighted by Gasteiger charge is 2.27. The molecule has 0 spiro atoms. The minimum atomic E-state index is -1.01. The van der Waals surface area contributed by atoms with Crippen molar-refractivity contribution in [2.24, 2.45) is 0 Å². The summed E-state index contributed by atoms with van der Waals surface area (Å²) in [7, 11) is 4.83. The van der Waals surface area contributed by atoms with E-state index >= 15 is 0 Å². The Balaban J connectivity index is 1.65. The lowest BCUT2D eigenvalue weighted by Crippen LogP contribution is -2.39. The van der Waals surface area contributed by atoms with Gasteiger partial charge in [0.15, 0.2) is 0 Å². The lowest BCUT2D eigenvalue weighted by Gasteiger charge is -2.27. The highest BCUT2D eigenvalue weighted by atomic mass is 16.5. The number of benzene rings is 2. The fraction of sp³-hybridized carbons (Fsp3) is 0.257. The van der Waals surface area contributed by atoms with Crippen LogP contribution in [-0.4, -0.2) is 47.8 Å². The van der Waals surface area contributed by atoms with Crippen LogP contribution in [0.3, 0.4) is 0 Å². The number of hydrogen-bond acceptors (Lipinski definition) is 8. The largest absolute Gasteiger partial charge is 0.497 e. The second kappa shape index (κ2) is 13.1. The molecule has 0 aliphatic heterocycles. The van der Waals surface area contributed by atoms with Gasteiger partial charge in [0.25, 0.3) is 5.91 Å². The Bertz CT molecular complexity index is 1710. The monoisotopic (exact) mass is 591 g/mol. The molecule has 0 unspecified atom stereocenters. The zero-order valence-corrected chi connectivity index (χ0v) is 25.9. The van der Waals surface area contributed by atoms with Gasteiger partial charge in [-0.05, 0) is 85.3 Å². The second-order valence-corrected chi connectivity index (χ2v) is 11.0.